The summed E-state index contributed by atoms with van der Waals surface area (Å²) in [6, 6.07) is 5.90. The zero-order valence-electron chi connectivity index (χ0n) is 11.2. The number of halogens is 1. The molecule has 0 bridgehead atoms. The van der Waals surface area contributed by atoms with Crippen LogP contribution in [0.4, 0.5) is 5.69 Å². The van der Waals surface area contributed by atoms with Crippen molar-refractivity contribution in [1.29, 1.82) is 0 Å². The Morgan fingerprint density at radius 1 is 1.50 bits per heavy atom. The van der Waals surface area contributed by atoms with Crippen molar-refractivity contribution in [2.24, 2.45) is 5.92 Å². The summed E-state index contributed by atoms with van der Waals surface area (Å²) in [5, 5.41) is 10.3. The molecular weight excluding hydrogens is 246 g/mol. The molecule has 1 aromatic carbocycles. The molecule has 1 saturated heterocycles. The van der Waals surface area contributed by atoms with Crippen LogP contribution in [0.3, 0.4) is 0 Å². The smallest absolute Gasteiger partial charge is 0.0762 e. The summed E-state index contributed by atoms with van der Waals surface area (Å²) in [6.07, 6.45) is 3.37. The van der Waals surface area contributed by atoms with Crippen molar-refractivity contribution in [3.8, 4) is 0 Å². The Hall–Kier alpha value is -0.730. The van der Waals surface area contributed by atoms with Crippen molar-refractivity contribution in [3.05, 3.63) is 28.8 Å². The first-order valence-corrected chi connectivity index (χ1v) is 7.22. The quantitative estimate of drug-likeness (QED) is 0.891. The minimum Gasteiger partial charge on any atom is -0.389 e. The fraction of sp³-hybridized carbons (Fsp3) is 0.600. The third kappa shape index (κ3) is 2.99. The largest absolute Gasteiger partial charge is 0.389 e. The van der Waals surface area contributed by atoms with Crippen LogP contribution in [-0.4, -0.2) is 18.2 Å². The Morgan fingerprint density at radius 3 is 2.89 bits per heavy atom. The van der Waals surface area contributed by atoms with Gasteiger partial charge in [-0.25, -0.2) is 0 Å². The minimum atomic E-state index is -0.456. The molecule has 1 unspecified atom stereocenters. The van der Waals surface area contributed by atoms with Crippen LogP contribution in [0.1, 0.15) is 44.8 Å². The normalized spacial score (nSPS) is 21.3. The summed E-state index contributed by atoms with van der Waals surface area (Å²) in [4.78, 5) is 2.37. The molecule has 2 rings (SSSR count). The number of hydrogen-bond donors (Lipinski definition) is 1. The van der Waals surface area contributed by atoms with Crippen LogP contribution in [0.25, 0.3) is 0 Å². The van der Waals surface area contributed by atoms with Crippen LogP contribution in [0.2, 0.25) is 5.02 Å². The molecule has 1 aliphatic rings. The number of hydrogen-bond acceptors (Lipinski definition) is 2. The van der Waals surface area contributed by atoms with Crippen LogP contribution < -0.4 is 4.90 Å². The minimum absolute atomic E-state index is 0.456. The van der Waals surface area contributed by atoms with Crippen LogP contribution in [0, 0.1) is 5.92 Å². The molecule has 0 radical (unpaired) electrons. The number of rotatable bonds is 4. The van der Waals surface area contributed by atoms with Gasteiger partial charge in [0.05, 0.1) is 16.8 Å². The molecule has 0 amide bonds. The third-order valence-corrected chi connectivity index (χ3v) is 4.08. The Bertz CT molecular complexity index is 405. The van der Waals surface area contributed by atoms with Gasteiger partial charge in [-0.1, -0.05) is 31.0 Å². The van der Waals surface area contributed by atoms with E-state index in [1.165, 1.54) is 19.3 Å². The first kappa shape index (κ1) is 13.7. The maximum Gasteiger partial charge on any atom is 0.0762 e. The fourth-order valence-electron chi connectivity index (χ4n) is 2.73. The van der Waals surface area contributed by atoms with Crippen LogP contribution in [0.15, 0.2) is 18.2 Å². The molecule has 0 spiro atoms. The Balaban J connectivity index is 2.10. The molecule has 100 valence electrons. The van der Waals surface area contributed by atoms with E-state index in [9.17, 15) is 5.11 Å². The lowest BCUT2D eigenvalue weighted by atomic mass is 10.0. The van der Waals surface area contributed by atoms with Crippen LogP contribution in [-0.2, 0) is 0 Å². The van der Waals surface area contributed by atoms with Gasteiger partial charge in [-0.3, -0.25) is 0 Å². The average Bonchev–Trinajstić information content (AvgIpc) is 2.77. The van der Waals surface area contributed by atoms with Crippen molar-refractivity contribution in [1.82, 2.24) is 0 Å². The average molecular weight is 268 g/mol. The van der Waals surface area contributed by atoms with E-state index in [0.29, 0.717) is 0 Å². The third-order valence-electron chi connectivity index (χ3n) is 3.78. The number of aliphatic hydroxyl groups excluding tert-OH is 1. The SMILES string of the molecule is CCCC1CCN(c2ccc([C@@H](C)O)cc2Cl)C1. The highest BCUT2D eigenvalue weighted by Crippen LogP contribution is 2.33. The van der Waals surface area contributed by atoms with Crippen molar-refractivity contribution in [2.75, 3.05) is 18.0 Å². The summed E-state index contributed by atoms with van der Waals surface area (Å²) in [5.41, 5.74) is 1.99. The second kappa shape index (κ2) is 5.94. The first-order valence-electron chi connectivity index (χ1n) is 6.84. The maximum absolute atomic E-state index is 9.54. The first-order chi connectivity index (χ1) is 8.61. The zero-order valence-corrected chi connectivity index (χ0v) is 12.0. The summed E-state index contributed by atoms with van der Waals surface area (Å²) < 4.78 is 0. The lowest BCUT2D eigenvalue weighted by molar-refractivity contribution is 0.199. The molecule has 0 aromatic heterocycles. The standard InChI is InChI=1S/C15H22ClNO/c1-3-4-12-7-8-17(10-12)15-6-5-13(11(2)18)9-14(15)16/h5-6,9,11-12,18H,3-4,7-8,10H2,1-2H3/t11-,12?/m1/s1. The highest BCUT2D eigenvalue weighted by Gasteiger charge is 2.23. The predicted octanol–water partition coefficient (Wildman–Crippen LogP) is 4.02. The summed E-state index contributed by atoms with van der Waals surface area (Å²) in [7, 11) is 0. The summed E-state index contributed by atoms with van der Waals surface area (Å²) >= 11 is 6.33. The van der Waals surface area contributed by atoms with Crippen LogP contribution >= 0.6 is 11.6 Å². The molecule has 18 heavy (non-hydrogen) atoms. The molecule has 2 nitrogen and oxygen atoms in total. The van der Waals surface area contributed by atoms with Gasteiger partial charge in [0.25, 0.3) is 0 Å². The van der Waals surface area contributed by atoms with Gasteiger partial charge < -0.3 is 10.0 Å². The maximum atomic E-state index is 9.54. The van der Waals surface area contributed by atoms with Gasteiger partial charge in [0, 0.05) is 13.1 Å². The van der Waals surface area contributed by atoms with E-state index in [2.05, 4.69) is 11.8 Å². The Morgan fingerprint density at radius 2 is 2.28 bits per heavy atom. The van der Waals surface area contributed by atoms with Crippen molar-refractivity contribution in [3.63, 3.8) is 0 Å². The summed E-state index contributed by atoms with van der Waals surface area (Å²) in [5.74, 6) is 0.808. The van der Waals surface area contributed by atoms with Gasteiger partial charge in [0.1, 0.15) is 0 Å². The topological polar surface area (TPSA) is 23.5 Å². The number of anilines is 1. The lowest BCUT2D eigenvalue weighted by Crippen LogP contribution is -2.20. The molecule has 0 saturated carbocycles. The van der Waals surface area contributed by atoms with Gasteiger partial charge in [-0.2, -0.15) is 0 Å². The van der Waals surface area contributed by atoms with E-state index in [0.717, 1.165) is 35.3 Å². The van der Waals surface area contributed by atoms with Gasteiger partial charge in [0.2, 0.25) is 0 Å². The van der Waals surface area contributed by atoms with Gasteiger partial charge >= 0.3 is 0 Å². The molecule has 1 heterocycles. The second-order valence-corrected chi connectivity index (χ2v) is 5.68. The molecule has 1 fully saturated rings. The van der Waals surface area contributed by atoms with Gasteiger partial charge in [0.15, 0.2) is 0 Å². The number of nitrogens with zero attached hydrogens (tertiary/aromatic N) is 1. The molecule has 2 atom stereocenters. The lowest BCUT2D eigenvalue weighted by Gasteiger charge is -2.21. The number of aliphatic hydroxyl groups is 1. The van der Waals surface area contributed by atoms with E-state index < -0.39 is 6.10 Å². The molecule has 1 aliphatic heterocycles. The van der Waals surface area contributed by atoms with Gasteiger partial charge in [-0.15, -0.1) is 0 Å². The van der Waals surface area contributed by atoms with E-state index >= 15 is 0 Å². The van der Waals surface area contributed by atoms with Crippen LogP contribution in [0.5, 0.6) is 0 Å². The molecule has 0 aliphatic carbocycles. The zero-order chi connectivity index (χ0) is 13.1. The van der Waals surface area contributed by atoms with Crippen molar-refractivity contribution >= 4 is 17.3 Å². The monoisotopic (exact) mass is 267 g/mol. The second-order valence-electron chi connectivity index (χ2n) is 5.28. The predicted molar refractivity (Wildman–Crippen MR) is 77.3 cm³/mol. The fourth-order valence-corrected chi connectivity index (χ4v) is 3.04. The van der Waals surface area contributed by atoms with E-state index in [1.54, 1.807) is 6.92 Å². The molecule has 3 heteroatoms. The van der Waals surface area contributed by atoms with Crippen molar-refractivity contribution < 1.29 is 5.11 Å². The molecule has 1 aromatic rings. The number of benzene rings is 1. The Labute approximate surface area is 115 Å². The molecule has 1 N–H and O–H groups in total. The van der Waals surface area contributed by atoms with Crippen molar-refractivity contribution in [2.45, 2.75) is 39.2 Å². The van der Waals surface area contributed by atoms with E-state index in [4.69, 9.17) is 11.6 Å². The highest BCUT2D eigenvalue weighted by atomic mass is 35.5. The Kier molecular flexibility index (Phi) is 4.52. The molecular formula is C15H22ClNO. The summed E-state index contributed by atoms with van der Waals surface area (Å²) in [6.45, 7) is 6.21. The van der Waals surface area contributed by atoms with Gasteiger partial charge in [-0.05, 0) is 43.4 Å². The van der Waals surface area contributed by atoms with E-state index in [1.807, 2.05) is 18.2 Å². The van der Waals surface area contributed by atoms with E-state index in [-0.39, 0.29) is 0 Å². The highest BCUT2D eigenvalue weighted by molar-refractivity contribution is 6.33.